The van der Waals surface area contributed by atoms with Crippen molar-refractivity contribution in [3.05, 3.63) is 52.1 Å². The smallest absolute Gasteiger partial charge is 0.256 e. The van der Waals surface area contributed by atoms with E-state index >= 15 is 0 Å². The van der Waals surface area contributed by atoms with E-state index in [4.69, 9.17) is 5.21 Å². The first-order chi connectivity index (χ1) is 13.4. The number of carbonyl (C=O) groups is 2. The minimum atomic E-state index is -0.406. The van der Waals surface area contributed by atoms with Crippen molar-refractivity contribution in [2.24, 2.45) is 0 Å². The number of hydrogen-bond acceptors (Lipinski definition) is 4. The summed E-state index contributed by atoms with van der Waals surface area (Å²) >= 11 is 0. The van der Waals surface area contributed by atoms with E-state index < -0.39 is 5.91 Å². The van der Waals surface area contributed by atoms with E-state index in [1.54, 1.807) is 17.6 Å². The molecule has 0 unspecified atom stereocenters. The third-order valence-corrected chi connectivity index (χ3v) is 4.87. The maximum absolute atomic E-state index is 13.6. The number of H-pyrrole nitrogens is 1. The van der Waals surface area contributed by atoms with Crippen molar-refractivity contribution in [1.82, 2.24) is 15.8 Å². The Kier molecular flexibility index (Phi) is 5.91. The monoisotopic (exact) mass is 386 g/mol. The first kappa shape index (κ1) is 19.8. The Morgan fingerprint density at radius 3 is 2.86 bits per heavy atom. The lowest BCUT2D eigenvalue weighted by atomic mass is 10.0. The van der Waals surface area contributed by atoms with Gasteiger partial charge in [0.25, 0.3) is 5.91 Å². The topological polar surface area (TPSA) is 106 Å². The summed E-state index contributed by atoms with van der Waals surface area (Å²) in [5.74, 6) is -1.05. The molecular formula is C20H23FN4O3. The van der Waals surface area contributed by atoms with Crippen LogP contribution in [0.3, 0.4) is 0 Å². The zero-order valence-corrected chi connectivity index (χ0v) is 15.8. The zero-order chi connectivity index (χ0) is 20.3. The second-order valence-corrected chi connectivity index (χ2v) is 6.78. The molecule has 1 aliphatic heterocycles. The molecule has 7 nitrogen and oxygen atoms in total. The van der Waals surface area contributed by atoms with Gasteiger partial charge in [-0.2, -0.15) is 0 Å². The quantitative estimate of drug-likeness (QED) is 0.218. The van der Waals surface area contributed by atoms with Gasteiger partial charge in [-0.1, -0.05) is 0 Å². The molecule has 5 N–H and O–H groups in total. The van der Waals surface area contributed by atoms with Crippen molar-refractivity contribution >= 4 is 29.2 Å². The molecule has 0 radical (unpaired) electrons. The number of aromatic nitrogens is 1. The highest BCUT2D eigenvalue weighted by Gasteiger charge is 2.25. The standard InChI is InChI=1S/C20H23FN4O3/c1-11-16(10-22-7-3-4-19(26)25-28)12(2)23-18(11)9-15-14-8-13(21)5-6-17(14)24-20(15)27/h5-6,8-9,22-23,28H,3-4,7,10H2,1-2H3,(H,24,27)(H,25,26). The number of fused-ring (bicyclic) bond motifs is 1. The summed E-state index contributed by atoms with van der Waals surface area (Å²) in [4.78, 5) is 26.6. The van der Waals surface area contributed by atoms with Crippen LogP contribution in [0.15, 0.2) is 18.2 Å². The van der Waals surface area contributed by atoms with E-state index in [1.807, 2.05) is 13.8 Å². The highest BCUT2D eigenvalue weighted by Crippen LogP contribution is 2.34. The summed E-state index contributed by atoms with van der Waals surface area (Å²) in [7, 11) is 0. The van der Waals surface area contributed by atoms with Crippen molar-refractivity contribution in [3.8, 4) is 0 Å². The van der Waals surface area contributed by atoms with Crippen molar-refractivity contribution in [1.29, 1.82) is 0 Å². The molecule has 148 valence electrons. The summed E-state index contributed by atoms with van der Waals surface area (Å²) in [5.41, 5.74) is 7.05. The van der Waals surface area contributed by atoms with Gasteiger partial charge in [0.05, 0.1) is 5.57 Å². The van der Waals surface area contributed by atoms with Crippen molar-refractivity contribution in [3.63, 3.8) is 0 Å². The van der Waals surface area contributed by atoms with Crippen LogP contribution in [0.5, 0.6) is 0 Å². The molecule has 1 aromatic heterocycles. The molecule has 1 aromatic carbocycles. The Labute approximate surface area is 162 Å². The number of aromatic amines is 1. The van der Waals surface area contributed by atoms with Crippen LogP contribution < -0.4 is 16.1 Å². The first-order valence-electron chi connectivity index (χ1n) is 9.05. The van der Waals surface area contributed by atoms with Crippen LogP contribution in [0.4, 0.5) is 10.1 Å². The van der Waals surface area contributed by atoms with Crippen molar-refractivity contribution < 1.29 is 19.2 Å². The SMILES string of the molecule is Cc1[nH]c(C=C2C(=O)Nc3ccc(F)cc32)c(C)c1CNCCCC(=O)NO. The van der Waals surface area contributed by atoms with E-state index in [9.17, 15) is 14.0 Å². The molecule has 0 saturated carbocycles. The molecule has 0 aliphatic carbocycles. The van der Waals surface area contributed by atoms with Gasteiger partial charge in [0, 0.05) is 35.6 Å². The summed E-state index contributed by atoms with van der Waals surface area (Å²) in [5, 5.41) is 14.5. The molecule has 0 fully saturated rings. The third-order valence-electron chi connectivity index (χ3n) is 4.87. The van der Waals surface area contributed by atoms with Crippen LogP contribution in [-0.2, 0) is 16.1 Å². The maximum atomic E-state index is 13.6. The van der Waals surface area contributed by atoms with E-state index in [1.165, 1.54) is 12.1 Å². The molecule has 0 spiro atoms. The van der Waals surface area contributed by atoms with Crippen LogP contribution in [0.2, 0.25) is 0 Å². The minimum absolute atomic E-state index is 0.247. The second-order valence-electron chi connectivity index (χ2n) is 6.78. The molecule has 28 heavy (non-hydrogen) atoms. The highest BCUT2D eigenvalue weighted by atomic mass is 19.1. The number of anilines is 1. The van der Waals surface area contributed by atoms with E-state index in [2.05, 4.69) is 15.6 Å². The largest absolute Gasteiger partial charge is 0.359 e. The molecule has 2 heterocycles. The van der Waals surface area contributed by atoms with Gasteiger partial charge in [-0.25, -0.2) is 9.87 Å². The second kappa shape index (κ2) is 8.37. The van der Waals surface area contributed by atoms with Gasteiger partial charge in [-0.05, 0) is 62.2 Å². The van der Waals surface area contributed by atoms with E-state index in [-0.39, 0.29) is 18.1 Å². The number of aryl methyl sites for hydroxylation is 1. The number of amides is 2. The van der Waals surface area contributed by atoms with Crippen LogP contribution in [-0.4, -0.2) is 28.6 Å². The number of benzene rings is 1. The number of carbonyl (C=O) groups excluding carboxylic acids is 2. The van der Waals surface area contributed by atoms with Gasteiger partial charge < -0.3 is 15.6 Å². The van der Waals surface area contributed by atoms with E-state index in [0.717, 1.165) is 22.5 Å². The summed E-state index contributed by atoms with van der Waals surface area (Å²) in [6.07, 6.45) is 2.60. The minimum Gasteiger partial charge on any atom is -0.359 e. The predicted molar refractivity (Wildman–Crippen MR) is 104 cm³/mol. The van der Waals surface area contributed by atoms with E-state index in [0.29, 0.717) is 36.3 Å². The van der Waals surface area contributed by atoms with Crippen LogP contribution in [0.1, 0.15) is 40.9 Å². The summed E-state index contributed by atoms with van der Waals surface area (Å²) in [6.45, 7) is 5.15. The van der Waals surface area contributed by atoms with Crippen LogP contribution in [0.25, 0.3) is 11.6 Å². The number of rotatable bonds is 7. The van der Waals surface area contributed by atoms with Gasteiger partial charge in [0.1, 0.15) is 5.82 Å². The number of hydrogen-bond donors (Lipinski definition) is 5. The number of halogens is 1. The number of hydroxylamine groups is 1. The molecule has 8 heteroatoms. The first-order valence-corrected chi connectivity index (χ1v) is 9.05. The lowest BCUT2D eigenvalue weighted by Crippen LogP contribution is -2.21. The van der Waals surface area contributed by atoms with Crippen molar-refractivity contribution in [2.75, 3.05) is 11.9 Å². The lowest BCUT2D eigenvalue weighted by Gasteiger charge is -2.05. The fourth-order valence-electron chi connectivity index (χ4n) is 3.32. The third kappa shape index (κ3) is 4.13. The predicted octanol–water partition coefficient (Wildman–Crippen LogP) is 2.64. The normalized spacial score (nSPS) is 14.3. The molecule has 3 rings (SSSR count). The lowest BCUT2D eigenvalue weighted by molar-refractivity contribution is -0.129. The van der Waals surface area contributed by atoms with Crippen LogP contribution in [0, 0.1) is 19.7 Å². The Bertz CT molecular complexity index is 949. The van der Waals surface area contributed by atoms with Gasteiger partial charge in [-0.3, -0.25) is 14.8 Å². The fraction of sp³-hybridized carbons (Fsp3) is 0.300. The molecule has 1 aliphatic rings. The van der Waals surface area contributed by atoms with Gasteiger partial charge in [-0.15, -0.1) is 0 Å². The van der Waals surface area contributed by atoms with Gasteiger partial charge >= 0.3 is 0 Å². The number of nitrogens with one attached hydrogen (secondary N) is 4. The Balaban J connectivity index is 1.74. The Morgan fingerprint density at radius 2 is 2.11 bits per heavy atom. The molecule has 0 bridgehead atoms. The van der Waals surface area contributed by atoms with Gasteiger partial charge in [0.2, 0.25) is 5.91 Å². The molecule has 2 aromatic rings. The average Bonchev–Trinajstić information content (AvgIpc) is 3.11. The van der Waals surface area contributed by atoms with Crippen molar-refractivity contribution in [2.45, 2.75) is 33.2 Å². The maximum Gasteiger partial charge on any atom is 0.256 e. The van der Waals surface area contributed by atoms with Gasteiger partial charge in [0.15, 0.2) is 0 Å². The van der Waals surface area contributed by atoms with Crippen LogP contribution >= 0.6 is 0 Å². The molecule has 2 amide bonds. The molecule has 0 atom stereocenters. The zero-order valence-electron chi connectivity index (χ0n) is 15.8. The summed E-state index contributed by atoms with van der Waals surface area (Å²) < 4.78 is 13.6. The Morgan fingerprint density at radius 1 is 1.32 bits per heavy atom. The molecule has 0 saturated heterocycles. The average molecular weight is 386 g/mol. The highest BCUT2D eigenvalue weighted by molar-refractivity contribution is 6.34. The Hall–Kier alpha value is -2.97. The fourth-order valence-corrected chi connectivity index (χ4v) is 3.32. The summed E-state index contributed by atoms with van der Waals surface area (Å²) in [6, 6.07) is 4.23. The molecular weight excluding hydrogens is 363 g/mol.